The summed E-state index contributed by atoms with van der Waals surface area (Å²) in [6.07, 6.45) is 1.94. The number of carbonyl (C=O) groups is 2. The summed E-state index contributed by atoms with van der Waals surface area (Å²) in [4.78, 5) is 35.6. The average Bonchev–Trinajstić information content (AvgIpc) is 2.38. The molecule has 2 rings (SSSR count). The van der Waals surface area contributed by atoms with Gasteiger partial charge in [0.1, 0.15) is 0 Å². The molecule has 0 atom stereocenters. The average molecular weight is 243 g/mol. The fourth-order valence-electron chi connectivity index (χ4n) is 1.72. The highest BCUT2D eigenvalue weighted by Gasteiger charge is 2.14. The van der Waals surface area contributed by atoms with Gasteiger partial charge in [0.2, 0.25) is 5.56 Å². The van der Waals surface area contributed by atoms with Crippen LogP contribution in [0.25, 0.3) is 11.1 Å². The quantitative estimate of drug-likeness (QED) is 0.800. The maximum Gasteiger partial charge on any atom is 0.336 e. The highest BCUT2D eigenvalue weighted by atomic mass is 16.4. The largest absolute Gasteiger partial charge is 0.478 e. The fourth-order valence-corrected chi connectivity index (χ4v) is 1.72. The Morgan fingerprint density at radius 1 is 1.22 bits per heavy atom. The highest BCUT2D eigenvalue weighted by molar-refractivity contribution is 5.98. The van der Waals surface area contributed by atoms with Gasteiger partial charge in [0.15, 0.2) is 6.29 Å². The van der Waals surface area contributed by atoms with Gasteiger partial charge in [-0.1, -0.05) is 24.3 Å². The van der Waals surface area contributed by atoms with Crippen molar-refractivity contribution in [2.24, 2.45) is 0 Å². The Morgan fingerprint density at radius 3 is 2.61 bits per heavy atom. The van der Waals surface area contributed by atoms with Crippen molar-refractivity contribution >= 4 is 12.3 Å². The van der Waals surface area contributed by atoms with Crippen LogP contribution in [0.4, 0.5) is 0 Å². The summed E-state index contributed by atoms with van der Waals surface area (Å²) in [6, 6.07) is 7.58. The zero-order valence-corrected chi connectivity index (χ0v) is 9.21. The van der Waals surface area contributed by atoms with Gasteiger partial charge in [-0.05, 0) is 5.56 Å². The Bertz CT molecular complexity index is 673. The third-order valence-electron chi connectivity index (χ3n) is 2.53. The number of carboxylic acids is 1. The van der Waals surface area contributed by atoms with E-state index < -0.39 is 11.5 Å². The third-order valence-corrected chi connectivity index (χ3v) is 2.53. The van der Waals surface area contributed by atoms with Crippen molar-refractivity contribution in [1.82, 2.24) is 4.98 Å². The lowest BCUT2D eigenvalue weighted by atomic mass is 9.98. The number of nitrogens with one attached hydrogen (secondary N) is 1. The van der Waals surface area contributed by atoms with Crippen LogP contribution in [-0.4, -0.2) is 22.3 Å². The number of pyridine rings is 1. The highest BCUT2D eigenvalue weighted by Crippen LogP contribution is 2.24. The van der Waals surface area contributed by atoms with Gasteiger partial charge in [-0.3, -0.25) is 9.59 Å². The van der Waals surface area contributed by atoms with Gasteiger partial charge in [-0.2, -0.15) is 0 Å². The van der Waals surface area contributed by atoms with Crippen molar-refractivity contribution in [3.8, 4) is 11.1 Å². The number of aromatic carboxylic acids is 1. The summed E-state index contributed by atoms with van der Waals surface area (Å²) in [6.45, 7) is 0. The Kier molecular flexibility index (Phi) is 3.05. The van der Waals surface area contributed by atoms with E-state index in [0.717, 1.165) is 6.07 Å². The number of benzene rings is 1. The van der Waals surface area contributed by atoms with Gasteiger partial charge in [-0.25, -0.2) is 4.79 Å². The normalized spacial score (nSPS) is 10.0. The number of H-pyrrole nitrogens is 1. The third kappa shape index (κ3) is 2.06. The lowest BCUT2D eigenvalue weighted by Crippen LogP contribution is -2.10. The van der Waals surface area contributed by atoms with Crippen LogP contribution >= 0.6 is 0 Å². The van der Waals surface area contributed by atoms with Crippen molar-refractivity contribution < 1.29 is 14.7 Å². The molecule has 0 fully saturated rings. The number of hydrogen-bond donors (Lipinski definition) is 2. The Balaban J connectivity index is 2.74. The summed E-state index contributed by atoms with van der Waals surface area (Å²) in [7, 11) is 0. The maximum atomic E-state index is 11.1. The fraction of sp³-hybridized carbons (Fsp3) is 0. The molecule has 0 radical (unpaired) electrons. The zero-order valence-electron chi connectivity index (χ0n) is 9.21. The molecule has 5 nitrogen and oxygen atoms in total. The summed E-state index contributed by atoms with van der Waals surface area (Å²) in [5.41, 5.74) is 0.519. The maximum absolute atomic E-state index is 11.1. The second-order valence-electron chi connectivity index (χ2n) is 3.63. The number of carbonyl (C=O) groups excluding carboxylic acids is 1. The first-order valence-corrected chi connectivity index (χ1v) is 5.14. The first kappa shape index (κ1) is 11.8. The Morgan fingerprint density at radius 2 is 1.94 bits per heavy atom. The van der Waals surface area contributed by atoms with Gasteiger partial charge < -0.3 is 10.1 Å². The van der Waals surface area contributed by atoms with E-state index in [2.05, 4.69) is 4.98 Å². The van der Waals surface area contributed by atoms with Crippen molar-refractivity contribution in [3.05, 3.63) is 58.0 Å². The van der Waals surface area contributed by atoms with Gasteiger partial charge in [0.25, 0.3) is 0 Å². The summed E-state index contributed by atoms with van der Waals surface area (Å²) < 4.78 is 0. The number of carboxylic acid groups (broad SMARTS) is 1. The number of aromatic nitrogens is 1. The lowest BCUT2D eigenvalue weighted by Gasteiger charge is -2.07. The van der Waals surface area contributed by atoms with E-state index in [4.69, 9.17) is 5.11 Å². The topological polar surface area (TPSA) is 87.2 Å². The summed E-state index contributed by atoms with van der Waals surface area (Å²) in [5.74, 6) is -1.21. The van der Waals surface area contributed by atoms with Crippen LogP contribution in [0.3, 0.4) is 0 Å². The second kappa shape index (κ2) is 4.67. The molecule has 1 heterocycles. The van der Waals surface area contributed by atoms with Gasteiger partial charge in [0, 0.05) is 23.4 Å². The van der Waals surface area contributed by atoms with E-state index in [1.54, 1.807) is 24.3 Å². The lowest BCUT2D eigenvalue weighted by molar-refractivity contribution is 0.0697. The summed E-state index contributed by atoms with van der Waals surface area (Å²) in [5, 5.41) is 9.07. The van der Waals surface area contributed by atoms with E-state index in [9.17, 15) is 14.4 Å². The summed E-state index contributed by atoms with van der Waals surface area (Å²) >= 11 is 0. The predicted octanol–water partition coefficient (Wildman–Crippen LogP) is 1.55. The van der Waals surface area contributed by atoms with Crippen molar-refractivity contribution in [1.29, 1.82) is 0 Å². The SMILES string of the molecule is O=Cc1ccccc1-c1c[nH]c(=O)cc1C(=O)O. The number of aldehydes is 1. The van der Waals surface area contributed by atoms with Crippen molar-refractivity contribution in [2.75, 3.05) is 0 Å². The molecule has 0 aliphatic rings. The predicted molar refractivity (Wildman–Crippen MR) is 64.8 cm³/mol. The molecule has 2 N–H and O–H groups in total. The standard InChI is InChI=1S/C13H9NO4/c15-7-8-3-1-2-4-9(8)11-6-14-12(16)5-10(11)13(17)18/h1-7H,(H,14,16)(H,17,18). The number of rotatable bonds is 3. The smallest absolute Gasteiger partial charge is 0.336 e. The molecular weight excluding hydrogens is 234 g/mol. The molecule has 1 aromatic carbocycles. The number of hydrogen-bond acceptors (Lipinski definition) is 3. The molecule has 1 aromatic heterocycles. The Hall–Kier alpha value is -2.69. The monoisotopic (exact) mass is 243 g/mol. The Labute approximate surface area is 102 Å². The van der Waals surface area contributed by atoms with E-state index in [1.165, 1.54) is 6.20 Å². The van der Waals surface area contributed by atoms with Gasteiger partial charge in [0.05, 0.1) is 5.56 Å². The second-order valence-corrected chi connectivity index (χ2v) is 3.63. The minimum atomic E-state index is -1.21. The van der Waals surface area contributed by atoms with Crippen LogP contribution in [0.2, 0.25) is 0 Å². The zero-order chi connectivity index (χ0) is 13.1. The molecule has 0 aliphatic carbocycles. The van der Waals surface area contributed by atoms with Crippen LogP contribution in [0, 0.1) is 0 Å². The molecule has 0 unspecified atom stereocenters. The first-order valence-electron chi connectivity index (χ1n) is 5.14. The van der Waals surface area contributed by atoms with Crippen LogP contribution in [0.1, 0.15) is 20.7 Å². The molecule has 5 heteroatoms. The van der Waals surface area contributed by atoms with Gasteiger partial charge >= 0.3 is 5.97 Å². The van der Waals surface area contributed by atoms with E-state index >= 15 is 0 Å². The van der Waals surface area contributed by atoms with Crippen molar-refractivity contribution in [3.63, 3.8) is 0 Å². The minimum absolute atomic E-state index is 0.131. The van der Waals surface area contributed by atoms with Gasteiger partial charge in [-0.15, -0.1) is 0 Å². The molecule has 0 aliphatic heterocycles. The van der Waals surface area contributed by atoms with E-state index in [1.807, 2.05) is 0 Å². The molecule has 0 saturated heterocycles. The van der Waals surface area contributed by atoms with Crippen molar-refractivity contribution in [2.45, 2.75) is 0 Å². The minimum Gasteiger partial charge on any atom is -0.478 e. The van der Waals surface area contributed by atoms with Crippen LogP contribution < -0.4 is 5.56 Å². The van der Waals surface area contributed by atoms with Crippen LogP contribution in [-0.2, 0) is 0 Å². The molecular formula is C13H9NO4. The number of aromatic amines is 1. The molecule has 0 spiro atoms. The molecule has 0 bridgehead atoms. The first-order chi connectivity index (χ1) is 8.63. The molecule has 0 saturated carbocycles. The van der Waals surface area contributed by atoms with Crippen LogP contribution in [0.5, 0.6) is 0 Å². The van der Waals surface area contributed by atoms with E-state index in [0.29, 0.717) is 23.0 Å². The molecule has 2 aromatic rings. The van der Waals surface area contributed by atoms with Crippen LogP contribution in [0.15, 0.2) is 41.3 Å². The molecule has 0 amide bonds. The van der Waals surface area contributed by atoms with E-state index in [-0.39, 0.29) is 5.56 Å². The molecule has 18 heavy (non-hydrogen) atoms. The molecule has 90 valence electrons.